The van der Waals surface area contributed by atoms with Crippen LogP contribution in [0.25, 0.3) is 11.0 Å². The molecule has 33 heavy (non-hydrogen) atoms. The average Bonchev–Trinajstić information content (AvgIpc) is 2.86. The van der Waals surface area contributed by atoms with Gasteiger partial charge in [-0.1, -0.05) is 12.7 Å². The Balaban J connectivity index is 1.75. The maximum absolute atomic E-state index is 13.3. The minimum atomic E-state index is -0.469. The molecule has 176 valence electrons. The lowest BCUT2D eigenvalue weighted by atomic mass is 10.00. The first-order chi connectivity index (χ1) is 16.0. The van der Waals surface area contributed by atoms with E-state index in [1.54, 1.807) is 17.2 Å². The summed E-state index contributed by atoms with van der Waals surface area (Å²) in [5.74, 6) is 0.727. The number of allylic oxidation sites excluding steroid dienone is 2. The molecule has 0 spiro atoms. The van der Waals surface area contributed by atoms with E-state index in [9.17, 15) is 9.90 Å². The Kier molecular flexibility index (Phi) is 7.25. The number of nitrogens with zero attached hydrogens (tertiary/aromatic N) is 4. The normalized spacial score (nSPS) is 20.6. The number of nitrogens with one attached hydrogen (secondary N) is 1. The summed E-state index contributed by atoms with van der Waals surface area (Å²) in [6.07, 6.45) is 6.57. The average molecular weight is 452 g/mol. The van der Waals surface area contributed by atoms with Crippen molar-refractivity contribution < 1.29 is 14.6 Å². The number of ether oxygens (including phenoxy) is 1. The van der Waals surface area contributed by atoms with Crippen LogP contribution in [0.4, 0.5) is 5.82 Å². The van der Waals surface area contributed by atoms with Gasteiger partial charge in [-0.3, -0.25) is 9.78 Å². The lowest BCUT2D eigenvalue weighted by molar-refractivity contribution is 0.0474. The molecular weight excluding hydrogens is 418 g/mol. The molecule has 8 nitrogen and oxygen atoms in total. The summed E-state index contributed by atoms with van der Waals surface area (Å²) in [4.78, 5) is 26.9. The van der Waals surface area contributed by atoms with E-state index in [-0.39, 0.29) is 11.9 Å². The van der Waals surface area contributed by atoms with Crippen molar-refractivity contribution in [3.8, 4) is 0 Å². The number of rotatable bonds is 6. The first kappa shape index (κ1) is 23.2. The zero-order valence-electron chi connectivity index (χ0n) is 19.5. The number of amides is 1. The van der Waals surface area contributed by atoms with Crippen LogP contribution < -0.4 is 10.2 Å². The number of hydrogen-bond acceptors (Lipinski definition) is 7. The third kappa shape index (κ3) is 5.17. The van der Waals surface area contributed by atoms with Crippen LogP contribution in [0, 0.1) is 0 Å². The summed E-state index contributed by atoms with van der Waals surface area (Å²) in [6, 6.07) is 3.61. The predicted octanol–water partition coefficient (Wildman–Crippen LogP) is 2.80. The molecule has 4 rings (SSSR count). The van der Waals surface area contributed by atoms with Crippen LogP contribution >= 0.6 is 0 Å². The quantitative estimate of drug-likeness (QED) is 0.653. The number of carbonyl (C=O) groups excluding carboxylic acids is 1. The van der Waals surface area contributed by atoms with Crippen molar-refractivity contribution >= 4 is 22.8 Å². The van der Waals surface area contributed by atoms with Crippen LogP contribution in [0.2, 0.25) is 0 Å². The number of morpholine rings is 1. The molecule has 8 heteroatoms. The lowest BCUT2D eigenvalue weighted by Crippen LogP contribution is -2.42. The summed E-state index contributed by atoms with van der Waals surface area (Å²) in [7, 11) is 0. The van der Waals surface area contributed by atoms with Crippen molar-refractivity contribution in [1.29, 1.82) is 0 Å². The van der Waals surface area contributed by atoms with Crippen LogP contribution in [0.1, 0.15) is 48.7 Å². The topological polar surface area (TPSA) is 90.8 Å². The smallest absolute Gasteiger partial charge is 0.254 e. The second kappa shape index (κ2) is 10.3. The number of hydrogen-bond donors (Lipinski definition) is 2. The molecule has 1 aromatic heterocycles. The maximum Gasteiger partial charge on any atom is 0.254 e. The maximum atomic E-state index is 13.3. The first-order valence-electron chi connectivity index (χ1n) is 11.7. The molecule has 2 fully saturated rings. The number of benzene rings is 1. The molecule has 2 aliphatic heterocycles. The van der Waals surface area contributed by atoms with Crippen LogP contribution in [0.5, 0.6) is 0 Å². The fraction of sp³-hybridized carbons (Fsp3) is 0.480. The minimum absolute atomic E-state index is 0.0851. The number of aromatic nitrogens is 2. The van der Waals surface area contributed by atoms with E-state index in [1.807, 2.05) is 32.1 Å². The molecule has 3 heterocycles. The molecule has 1 unspecified atom stereocenters. The highest BCUT2D eigenvalue weighted by Crippen LogP contribution is 2.28. The Hall–Kier alpha value is -2.97. The third-order valence-corrected chi connectivity index (χ3v) is 6.31. The Morgan fingerprint density at radius 3 is 2.82 bits per heavy atom. The van der Waals surface area contributed by atoms with E-state index in [4.69, 9.17) is 14.7 Å². The van der Waals surface area contributed by atoms with E-state index in [0.717, 1.165) is 48.5 Å². The molecule has 0 radical (unpaired) electrons. The zero-order valence-corrected chi connectivity index (χ0v) is 19.5. The van der Waals surface area contributed by atoms with Crippen molar-refractivity contribution in [2.45, 2.75) is 38.8 Å². The highest BCUT2D eigenvalue weighted by molar-refractivity contribution is 5.98. The molecule has 2 atom stereocenters. The van der Waals surface area contributed by atoms with Gasteiger partial charge in [-0.2, -0.15) is 0 Å². The van der Waals surface area contributed by atoms with Crippen LogP contribution in [-0.4, -0.2) is 71.4 Å². The highest BCUT2D eigenvalue weighted by Gasteiger charge is 2.25. The molecule has 2 aromatic rings. The van der Waals surface area contributed by atoms with Crippen LogP contribution in [0.3, 0.4) is 0 Å². The number of fused-ring (bicyclic) bond motifs is 1. The summed E-state index contributed by atoms with van der Waals surface area (Å²) >= 11 is 0. The van der Waals surface area contributed by atoms with Gasteiger partial charge in [0.25, 0.3) is 5.91 Å². The van der Waals surface area contributed by atoms with E-state index in [0.29, 0.717) is 37.4 Å². The molecule has 0 bridgehead atoms. The van der Waals surface area contributed by atoms with Gasteiger partial charge in [-0.25, -0.2) is 4.98 Å². The second-order valence-electron chi connectivity index (χ2n) is 8.62. The molecule has 0 saturated carbocycles. The predicted molar refractivity (Wildman–Crippen MR) is 129 cm³/mol. The highest BCUT2D eigenvalue weighted by atomic mass is 16.5. The minimum Gasteiger partial charge on any atom is -0.391 e. The standard InChI is InChI=1S/C25H33N5O3/c1-4-19(5-2)27-17(3)21-13-18(25(32)30-8-6-7-20(31)16-30)14-22-24(21)28-23(15-26-22)29-9-11-33-12-10-29/h4-5,13-15,17,20,27,31H,1,6-12,16H2,2-3H3/b19-5+/t17?,20-/m0/s1. The molecule has 0 aliphatic carbocycles. The van der Waals surface area contributed by atoms with Crippen LogP contribution in [-0.2, 0) is 4.74 Å². The molecule has 2 saturated heterocycles. The van der Waals surface area contributed by atoms with Gasteiger partial charge >= 0.3 is 0 Å². The largest absolute Gasteiger partial charge is 0.391 e. The number of aliphatic hydroxyl groups is 1. The van der Waals surface area contributed by atoms with Crippen LogP contribution in [0.15, 0.2) is 42.8 Å². The fourth-order valence-electron chi connectivity index (χ4n) is 4.44. The SMILES string of the molecule is C=C/C(=C\C)NC(C)c1cc(C(=O)N2CCC[C@H](O)C2)cc2ncc(N3CCOCC3)nc12. The second-order valence-corrected chi connectivity index (χ2v) is 8.62. The van der Waals surface area contributed by atoms with Gasteiger partial charge in [0, 0.05) is 43.0 Å². The van der Waals surface area contributed by atoms with Crippen molar-refractivity contribution in [1.82, 2.24) is 20.2 Å². The number of carbonyl (C=O) groups is 1. The van der Waals surface area contributed by atoms with E-state index < -0.39 is 6.10 Å². The number of anilines is 1. The summed E-state index contributed by atoms with van der Waals surface area (Å²) < 4.78 is 5.47. The first-order valence-corrected chi connectivity index (χ1v) is 11.7. The molecule has 2 aliphatic rings. The Bertz CT molecular complexity index is 1050. The zero-order chi connectivity index (χ0) is 23.4. The molecule has 1 aromatic carbocycles. The van der Waals surface area contributed by atoms with Gasteiger partial charge in [0.05, 0.1) is 42.6 Å². The Morgan fingerprint density at radius 1 is 1.33 bits per heavy atom. The number of likely N-dealkylation sites (tertiary alicyclic amines) is 1. The third-order valence-electron chi connectivity index (χ3n) is 6.31. The lowest BCUT2D eigenvalue weighted by Gasteiger charge is -2.30. The summed E-state index contributed by atoms with van der Waals surface area (Å²) in [5, 5.41) is 13.5. The van der Waals surface area contributed by atoms with Gasteiger partial charge in [0.1, 0.15) is 5.82 Å². The Morgan fingerprint density at radius 2 is 2.12 bits per heavy atom. The molecule has 1 amide bonds. The van der Waals surface area contributed by atoms with Crippen molar-refractivity contribution in [3.05, 3.63) is 53.9 Å². The Labute approximate surface area is 195 Å². The van der Waals surface area contributed by atoms with Gasteiger partial charge in [0.2, 0.25) is 0 Å². The summed E-state index contributed by atoms with van der Waals surface area (Å²) in [6.45, 7) is 11.8. The fourth-order valence-corrected chi connectivity index (χ4v) is 4.44. The van der Waals surface area contributed by atoms with E-state index in [1.165, 1.54) is 0 Å². The van der Waals surface area contributed by atoms with E-state index >= 15 is 0 Å². The molecular formula is C25H33N5O3. The van der Waals surface area contributed by atoms with Gasteiger partial charge in [0.15, 0.2) is 0 Å². The van der Waals surface area contributed by atoms with Crippen molar-refractivity contribution in [2.75, 3.05) is 44.3 Å². The number of β-amino-alcohol motifs (C(OH)–C–C–N with tert-alkyl or cyclic N) is 1. The van der Waals surface area contributed by atoms with E-state index in [2.05, 4.69) is 16.8 Å². The number of aliphatic hydroxyl groups excluding tert-OH is 1. The summed E-state index contributed by atoms with van der Waals surface area (Å²) in [5.41, 5.74) is 3.82. The van der Waals surface area contributed by atoms with Crippen molar-refractivity contribution in [2.24, 2.45) is 0 Å². The van der Waals surface area contributed by atoms with Gasteiger partial charge < -0.3 is 25.0 Å². The van der Waals surface area contributed by atoms with Gasteiger partial charge in [-0.05, 0) is 44.9 Å². The molecule has 2 N–H and O–H groups in total. The van der Waals surface area contributed by atoms with Gasteiger partial charge in [-0.15, -0.1) is 0 Å². The van der Waals surface area contributed by atoms with Crippen molar-refractivity contribution in [3.63, 3.8) is 0 Å². The number of piperidine rings is 1. The monoisotopic (exact) mass is 451 g/mol.